The summed E-state index contributed by atoms with van der Waals surface area (Å²) < 4.78 is 14.0. The van der Waals surface area contributed by atoms with E-state index in [9.17, 15) is 4.39 Å². The zero-order valence-corrected chi connectivity index (χ0v) is 11.8. The molecule has 17 heavy (non-hydrogen) atoms. The fraction of sp³-hybridized carbons (Fsp3) is 0.571. The second-order valence-corrected chi connectivity index (χ2v) is 6.00. The minimum atomic E-state index is -0.176. The maximum atomic E-state index is 13.2. The van der Waals surface area contributed by atoms with E-state index in [2.05, 4.69) is 28.2 Å². The number of halogens is 2. The van der Waals surface area contributed by atoms with Gasteiger partial charge in [0.1, 0.15) is 5.82 Å². The van der Waals surface area contributed by atoms with Crippen molar-refractivity contribution in [3.8, 4) is 0 Å². The predicted molar refractivity (Wildman–Crippen MR) is 72.4 cm³/mol. The SMILES string of the molecule is CCC1(CNCc2cc(F)cc(Br)c2)CCC1. The van der Waals surface area contributed by atoms with Crippen molar-refractivity contribution in [3.63, 3.8) is 0 Å². The van der Waals surface area contributed by atoms with Crippen LogP contribution in [0.25, 0.3) is 0 Å². The summed E-state index contributed by atoms with van der Waals surface area (Å²) in [5.41, 5.74) is 1.52. The van der Waals surface area contributed by atoms with E-state index in [0.717, 1.165) is 23.1 Å². The fourth-order valence-corrected chi connectivity index (χ4v) is 3.03. The lowest BCUT2D eigenvalue weighted by Gasteiger charge is -2.41. The third-order valence-corrected chi connectivity index (χ3v) is 4.37. The van der Waals surface area contributed by atoms with Crippen LogP contribution < -0.4 is 5.32 Å². The molecule has 0 aromatic heterocycles. The molecule has 2 rings (SSSR count). The Morgan fingerprint density at radius 2 is 2.12 bits per heavy atom. The van der Waals surface area contributed by atoms with E-state index in [0.29, 0.717) is 5.41 Å². The van der Waals surface area contributed by atoms with Gasteiger partial charge in [-0.15, -0.1) is 0 Å². The summed E-state index contributed by atoms with van der Waals surface area (Å²) in [6.45, 7) is 4.06. The van der Waals surface area contributed by atoms with Gasteiger partial charge in [-0.2, -0.15) is 0 Å². The highest BCUT2D eigenvalue weighted by Crippen LogP contribution is 2.43. The Balaban J connectivity index is 1.85. The molecule has 1 nitrogen and oxygen atoms in total. The fourth-order valence-electron chi connectivity index (χ4n) is 2.52. The van der Waals surface area contributed by atoms with Crippen molar-refractivity contribution >= 4 is 15.9 Å². The van der Waals surface area contributed by atoms with Crippen LogP contribution in [-0.2, 0) is 6.54 Å². The molecule has 94 valence electrons. The molecule has 1 aliphatic rings. The van der Waals surface area contributed by atoms with E-state index < -0.39 is 0 Å². The Labute approximate surface area is 111 Å². The zero-order valence-electron chi connectivity index (χ0n) is 10.2. The molecule has 0 atom stereocenters. The molecule has 0 radical (unpaired) electrons. The molecular formula is C14H19BrFN. The van der Waals surface area contributed by atoms with Gasteiger partial charge in [0.05, 0.1) is 0 Å². The summed E-state index contributed by atoms with van der Waals surface area (Å²) in [5.74, 6) is -0.176. The second-order valence-electron chi connectivity index (χ2n) is 5.09. The highest BCUT2D eigenvalue weighted by Gasteiger charge is 2.34. The van der Waals surface area contributed by atoms with Crippen LogP contribution in [0.15, 0.2) is 22.7 Å². The van der Waals surface area contributed by atoms with Gasteiger partial charge in [0.2, 0.25) is 0 Å². The van der Waals surface area contributed by atoms with Crippen molar-refractivity contribution in [2.45, 2.75) is 39.2 Å². The normalized spacial score (nSPS) is 17.8. The first-order chi connectivity index (χ1) is 8.13. The predicted octanol–water partition coefficient (Wildman–Crippen LogP) is 4.26. The van der Waals surface area contributed by atoms with Crippen LogP contribution in [0.5, 0.6) is 0 Å². The lowest BCUT2D eigenvalue weighted by atomic mass is 9.67. The van der Waals surface area contributed by atoms with Gasteiger partial charge in [-0.1, -0.05) is 29.3 Å². The molecule has 0 aliphatic heterocycles. The first-order valence-electron chi connectivity index (χ1n) is 6.29. The second kappa shape index (κ2) is 5.49. The van der Waals surface area contributed by atoms with E-state index in [1.165, 1.54) is 31.7 Å². The van der Waals surface area contributed by atoms with Crippen LogP contribution in [0.3, 0.4) is 0 Å². The smallest absolute Gasteiger partial charge is 0.124 e. The van der Waals surface area contributed by atoms with Gasteiger partial charge in [-0.05, 0) is 48.4 Å². The van der Waals surface area contributed by atoms with Crippen LogP contribution in [-0.4, -0.2) is 6.54 Å². The molecule has 1 N–H and O–H groups in total. The summed E-state index contributed by atoms with van der Waals surface area (Å²) >= 11 is 3.32. The lowest BCUT2D eigenvalue weighted by Crippen LogP contribution is -2.39. The average Bonchev–Trinajstić information content (AvgIpc) is 2.20. The minimum absolute atomic E-state index is 0.176. The van der Waals surface area contributed by atoms with Gasteiger partial charge in [-0.3, -0.25) is 0 Å². The molecule has 1 saturated carbocycles. The molecule has 1 aromatic rings. The molecular weight excluding hydrogens is 281 g/mol. The molecule has 0 amide bonds. The van der Waals surface area contributed by atoms with Crippen molar-refractivity contribution in [3.05, 3.63) is 34.1 Å². The van der Waals surface area contributed by atoms with Crippen LogP contribution in [0.4, 0.5) is 4.39 Å². The minimum Gasteiger partial charge on any atom is -0.312 e. The first kappa shape index (κ1) is 13.0. The van der Waals surface area contributed by atoms with Crippen LogP contribution in [0.2, 0.25) is 0 Å². The Morgan fingerprint density at radius 1 is 1.35 bits per heavy atom. The third kappa shape index (κ3) is 3.29. The van der Waals surface area contributed by atoms with Crippen molar-refractivity contribution in [1.29, 1.82) is 0 Å². The molecule has 0 unspecified atom stereocenters. The number of hydrogen-bond donors (Lipinski definition) is 1. The number of benzene rings is 1. The number of hydrogen-bond acceptors (Lipinski definition) is 1. The average molecular weight is 300 g/mol. The monoisotopic (exact) mass is 299 g/mol. The van der Waals surface area contributed by atoms with Crippen molar-refractivity contribution in [1.82, 2.24) is 5.32 Å². The maximum Gasteiger partial charge on any atom is 0.124 e. The summed E-state index contributed by atoms with van der Waals surface area (Å²) in [6, 6.07) is 5.05. The summed E-state index contributed by atoms with van der Waals surface area (Å²) in [6.07, 6.45) is 5.28. The number of nitrogens with one attached hydrogen (secondary N) is 1. The highest BCUT2D eigenvalue weighted by molar-refractivity contribution is 9.10. The largest absolute Gasteiger partial charge is 0.312 e. The molecule has 0 saturated heterocycles. The molecule has 0 bridgehead atoms. The van der Waals surface area contributed by atoms with E-state index in [-0.39, 0.29) is 5.82 Å². The van der Waals surface area contributed by atoms with Crippen LogP contribution in [0, 0.1) is 11.2 Å². The van der Waals surface area contributed by atoms with Crippen LogP contribution >= 0.6 is 15.9 Å². The van der Waals surface area contributed by atoms with Gasteiger partial charge < -0.3 is 5.32 Å². The standard InChI is InChI=1S/C14H19BrFN/c1-2-14(4-3-5-14)10-17-9-11-6-12(15)8-13(16)7-11/h6-8,17H,2-5,9-10H2,1H3. The van der Waals surface area contributed by atoms with Crippen molar-refractivity contribution < 1.29 is 4.39 Å². The lowest BCUT2D eigenvalue weighted by molar-refractivity contribution is 0.124. The first-order valence-corrected chi connectivity index (χ1v) is 7.08. The van der Waals surface area contributed by atoms with Gasteiger partial charge >= 0.3 is 0 Å². The third-order valence-electron chi connectivity index (χ3n) is 3.92. The molecule has 1 fully saturated rings. The van der Waals surface area contributed by atoms with Crippen molar-refractivity contribution in [2.24, 2.45) is 5.41 Å². The van der Waals surface area contributed by atoms with Gasteiger partial charge in [0.15, 0.2) is 0 Å². The van der Waals surface area contributed by atoms with E-state index >= 15 is 0 Å². The maximum absolute atomic E-state index is 13.2. The van der Waals surface area contributed by atoms with Gasteiger partial charge in [0.25, 0.3) is 0 Å². The summed E-state index contributed by atoms with van der Waals surface area (Å²) in [5, 5.41) is 3.46. The van der Waals surface area contributed by atoms with E-state index in [1.807, 2.05) is 6.07 Å². The van der Waals surface area contributed by atoms with Gasteiger partial charge in [-0.25, -0.2) is 4.39 Å². The van der Waals surface area contributed by atoms with Gasteiger partial charge in [0, 0.05) is 17.6 Å². The topological polar surface area (TPSA) is 12.0 Å². The molecule has 0 spiro atoms. The Kier molecular flexibility index (Phi) is 4.21. The molecule has 1 aliphatic carbocycles. The summed E-state index contributed by atoms with van der Waals surface area (Å²) in [4.78, 5) is 0. The summed E-state index contributed by atoms with van der Waals surface area (Å²) in [7, 11) is 0. The number of rotatable bonds is 5. The Morgan fingerprint density at radius 3 is 2.65 bits per heavy atom. The highest BCUT2D eigenvalue weighted by atomic mass is 79.9. The quantitative estimate of drug-likeness (QED) is 0.857. The Bertz CT molecular complexity index is 362. The van der Waals surface area contributed by atoms with E-state index in [1.54, 1.807) is 6.07 Å². The Hall–Kier alpha value is -0.410. The molecule has 1 aromatic carbocycles. The van der Waals surface area contributed by atoms with E-state index in [4.69, 9.17) is 0 Å². The van der Waals surface area contributed by atoms with Crippen molar-refractivity contribution in [2.75, 3.05) is 6.54 Å². The molecule has 3 heteroatoms. The van der Waals surface area contributed by atoms with Crippen LogP contribution in [0.1, 0.15) is 38.2 Å². The zero-order chi connectivity index (χ0) is 12.3. The molecule has 0 heterocycles.